The standard InChI is InChI=1S/C34H26P2.2C16H13Si.2Au/c1-5-17-29(18-6-1)35(30-19-7-2-8-20-30)33-25-27-15-13-14-16-28(27)26-34(33)36(31-21-9-3-10-22-31)32-23-11-4-12-24-32;2*1-4-12-9-10-14-13-7-5-6-8-15(13)17(2,3)16(14)11-12;;/h1-26H;2*5-11H,2-3H3;;/q;2*-1;2*+1/p+2. The van der Waals surface area contributed by atoms with Crippen LogP contribution in [0.1, 0.15) is 11.1 Å². The van der Waals surface area contributed by atoms with E-state index in [2.05, 4.69) is 269 Å². The molecule has 0 amide bonds. The normalized spacial score (nSPS) is 12.7. The van der Waals surface area contributed by atoms with E-state index in [-0.39, 0.29) is 44.8 Å². The maximum atomic E-state index is 7.26. The summed E-state index contributed by atoms with van der Waals surface area (Å²) in [6.07, 6.45) is 14.5. The van der Waals surface area contributed by atoms with Gasteiger partial charge < -0.3 is 12.8 Å². The van der Waals surface area contributed by atoms with Gasteiger partial charge in [-0.2, -0.15) is 0 Å². The quantitative estimate of drug-likeness (QED) is 0.0674. The van der Waals surface area contributed by atoms with Crippen molar-refractivity contribution in [3.63, 3.8) is 0 Å². The predicted octanol–water partition coefficient (Wildman–Crippen LogP) is 10.7. The van der Waals surface area contributed by atoms with E-state index in [0.717, 1.165) is 11.1 Å². The number of rotatable bonds is 6. The average Bonchev–Trinajstić information content (AvgIpc) is 3.79. The largest absolute Gasteiger partial charge is 1.00 e. The first kappa shape index (κ1) is 52.7. The van der Waals surface area contributed by atoms with Crippen molar-refractivity contribution in [3.05, 3.63) is 267 Å². The van der Waals surface area contributed by atoms with Crippen LogP contribution in [0.3, 0.4) is 0 Å². The second-order valence-electron chi connectivity index (χ2n) is 19.1. The maximum Gasteiger partial charge on any atom is 1.00 e. The Kier molecular flexibility index (Phi) is 16.9. The van der Waals surface area contributed by atoms with Gasteiger partial charge in [0.15, 0.2) is 0 Å². The molecule has 356 valence electrons. The second kappa shape index (κ2) is 23.1. The monoisotopic (exact) mass is 1360 g/mol. The van der Waals surface area contributed by atoms with Crippen LogP contribution in [-0.2, 0) is 44.8 Å². The molecular weight excluding hydrogens is 1300 g/mol. The van der Waals surface area contributed by atoms with Gasteiger partial charge in [-0.05, 0) is 104 Å². The van der Waals surface area contributed by atoms with Crippen LogP contribution in [0.2, 0.25) is 26.2 Å². The van der Waals surface area contributed by atoms with Gasteiger partial charge in [0.2, 0.25) is 0 Å². The topological polar surface area (TPSA) is 0 Å². The third-order valence-corrected chi connectivity index (χ3v) is 27.0. The molecule has 6 heteroatoms. The predicted molar refractivity (Wildman–Crippen MR) is 314 cm³/mol. The fourth-order valence-electron chi connectivity index (χ4n) is 10.6. The molecule has 12 rings (SSSR count). The van der Waals surface area contributed by atoms with E-state index in [4.69, 9.17) is 12.8 Å². The van der Waals surface area contributed by atoms with Crippen molar-refractivity contribution in [2.75, 3.05) is 0 Å². The van der Waals surface area contributed by atoms with Crippen molar-refractivity contribution in [2.45, 2.75) is 26.2 Å². The van der Waals surface area contributed by atoms with E-state index in [1.165, 1.54) is 85.6 Å². The Hall–Kier alpha value is -5.65. The minimum atomic E-state index is -1.55. The fourth-order valence-corrected chi connectivity index (χ4v) is 22.8. The van der Waals surface area contributed by atoms with E-state index in [1.807, 2.05) is 12.1 Å². The summed E-state index contributed by atoms with van der Waals surface area (Å²) in [6.45, 7) is 9.52. The minimum absolute atomic E-state index is 0. The molecule has 2 aliphatic heterocycles. The molecule has 0 N–H and O–H groups in total. The molecular formula is C66H54Au2P2Si2+2. The molecule has 0 atom stereocenters. The van der Waals surface area contributed by atoms with E-state index in [9.17, 15) is 0 Å². The van der Waals surface area contributed by atoms with E-state index < -0.39 is 32.0 Å². The van der Waals surface area contributed by atoms with Gasteiger partial charge in [0.1, 0.15) is 63.8 Å². The molecule has 2 aliphatic rings. The molecule has 0 nitrogen and oxygen atoms in total. The van der Waals surface area contributed by atoms with Crippen molar-refractivity contribution < 1.29 is 44.8 Å². The second-order valence-corrected chi connectivity index (χ2v) is 32.6. The zero-order valence-electron chi connectivity index (χ0n) is 40.7. The van der Waals surface area contributed by atoms with Gasteiger partial charge in [-0.1, -0.05) is 194 Å². The molecule has 0 aromatic heterocycles. The Morgan fingerprint density at radius 2 is 0.583 bits per heavy atom. The Morgan fingerprint density at radius 3 is 0.903 bits per heavy atom. The number of fused-ring (bicyclic) bond motifs is 7. The summed E-state index contributed by atoms with van der Waals surface area (Å²) >= 11 is 0. The molecule has 0 aliphatic carbocycles. The van der Waals surface area contributed by atoms with Crippen LogP contribution < -0.4 is 52.6 Å². The number of hydrogen-bond acceptors (Lipinski definition) is 0. The van der Waals surface area contributed by atoms with E-state index in [0.29, 0.717) is 0 Å². The summed E-state index contributed by atoms with van der Waals surface area (Å²) in [4.78, 5) is 0. The summed E-state index contributed by atoms with van der Waals surface area (Å²) in [5, 5.41) is 17.2. The average molecular weight is 1360 g/mol. The summed E-state index contributed by atoms with van der Waals surface area (Å²) in [5.41, 5.74) is 7.26. The summed E-state index contributed by atoms with van der Waals surface area (Å²) in [7, 11) is -5.57. The van der Waals surface area contributed by atoms with Crippen LogP contribution in [-0.4, -0.2) is 16.1 Å². The van der Waals surface area contributed by atoms with Gasteiger partial charge in [0.25, 0.3) is 0 Å². The van der Waals surface area contributed by atoms with Crippen LogP contribution in [0.4, 0.5) is 0 Å². The SMILES string of the molecule is [Au+].[Au+].[C-]#Cc1ccc2c(c1)[Si](C)(C)c1ccccc1-2.[C-]#Cc1ccc2c(c1)[Si](C)(C)c1ccccc1-2.c1ccc([PH+](c2ccccc2)c2cc3ccccc3cc2[PH+](c2ccccc2)c2ccccc2)cc1. The molecule has 0 spiro atoms. The molecule has 10 aromatic rings. The Balaban J connectivity index is 0.000000161. The molecule has 0 bridgehead atoms. The number of benzene rings is 10. The fraction of sp³-hybridized carbons (Fsp3) is 0.0606. The molecule has 0 fully saturated rings. The third-order valence-electron chi connectivity index (χ3n) is 14.1. The molecule has 0 saturated heterocycles. The van der Waals surface area contributed by atoms with Gasteiger partial charge in [-0.3, -0.25) is 11.8 Å². The van der Waals surface area contributed by atoms with Crippen molar-refractivity contribution in [2.24, 2.45) is 0 Å². The van der Waals surface area contributed by atoms with Crippen molar-refractivity contribution in [1.82, 2.24) is 0 Å². The van der Waals surface area contributed by atoms with Crippen LogP contribution in [0.5, 0.6) is 0 Å². The van der Waals surface area contributed by atoms with Crippen LogP contribution in [0.15, 0.2) is 243 Å². The van der Waals surface area contributed by atoms with Crippen LogP contribution in [0, 0.1) is 24.7 Å². The summed E-state index contributed by atoms with van der Waals surface area (Å²) in [6, 6.07) is 88.3. The Morgan fingerprint density at radius 1 is 0.306 bits per heavy atom. The zero-order chi connectivity index (χ0) is 48.2. The van der Waals surface area contributed by atoms with E-state index >= 15 is 0 Å². The molecule has 0 unspecified atom stereocenters. The van der Waals surface area contributed by atoms with Crippen molar-refractivity contribution in [3.8, 4) is 34.1 Å². The first-order valence-corrected chi connectivity index (χ1v) is 33.0. The Bertz CT molecular complexity index is 3270. The number of hydrogen-bond donors (Lipinski definition) is 0. The molecule has 0 saturated carbocycles. The van der Waals surface area contributed by atoms with Gasteiger partial charge in [0, 0.05) is 0 Å². The van der Waals surface area contributed by atoms with E-state index in [1.54, 1.807) is 0 Å². The first-order chi connectivity index (χ1) is 34.2. The molecule has 10 aromatic carbocycles. The van der Waals surface area contributed by atoms with Gasteiger partial charge in [0.05, 0.1) is 0 Å². The zero-order valence-corrected chi connectivity index (χ0v) is 49.0. The molecule has 0 radical (unpaired) electrons. The summed E-state index contributed by atoms with van der Waals surface area (Å²) in [5.74, 6) is 4.99. The summed E-state index contributed by atoms with van der Waals surface area (Å²) < 4.78 is 0. The minimum Gasteiger partial charge on any atom is -0.366 e. The Labute approximate surface area is 463 Å². The van der Waals surface area contributed by atoms with Crippen LogP contribution >= 0.6 is 15.8 Å². The van der Waals surface area contributed by atoms with Gasteiger partial charge in [-0.25, -0.2) is 0 Å². The van der Waals surface area contributed by atoms with Crippen LogP contribution in [0.25, 0.3) is 33.0 Å². The molecule has 72 heavy (non-hydrogen) atoms. The van der Waals surface area contributed by atoms with Crippen molar-refractivity contribution in [1.29, 1.82) is 0 Å². The van der Waals surface area contributed by atoms with Gasteiger partial charge >= 0.3 is 44.8 Å². The third kappa shape index (κ3) is 10.4. The first-order valence-electron chi connectivity index (χ1n) is 24.0. The van der Waals surface area contributed by atoms with Gasteiger partial charge in [-0.15, -0.1) is 35.4 Å². The smallest absolute Gasteiger partial charge is 0.366 e. The maximum absolute atomic E-state index is 7.26. The van der Waals surface area contributed by atoms with Crippen molar-refractivity contribution >= 4 is 95.3 Å². The molecule has 2 heterocycles.